The van der Waals surface area contributed by atoms with Crippen LogP contribution in [0, 0.1) is 0 Å². The van der Waals surface area contributed by atoms with Crippen LogP contribution in [0.1, 0.15) is 16.1 Å². The van der Waals surface area contributed by atoms with Crippen molar-refractivity contribution >= 4 is 5.97 Å². The SMILES string of the molecule is O=C(O)c1cnn(-c2ncccn2)c1C(F)(F)F. The van der Waals surface area contributed by atoms with Gasteiger partial charge in [-0.25, -0.2) is 14.8 Å². The minimum atomic E-state index is -4.87. The Balaban J connectivity index is 2.67. The number of alkyl halides is 3. The van der Waals surface area contributed by atoms with Crippen LogP contribution in [-0.2, 0) is 6.18 Å². The fourth-order valence-electron chi connectivity index (χ4n) is 1.33. The van der Waals surface area contributed by atoms with Crippen LogP contribution < -0.4 is 0 Å². The Bertz CT molecular complexity index is 579. The molecule has 0 bridgehead atoms. The zero-order valence-electron chi connectivity index (χ0n) is 8.59. The predicted octanol–water partition coefficient (Wildman–Crippen LogP) is 1.38. The highest BCUT2D eigenvalue weighted by atomic mass is 19.4. The van der Waals surface area contributed by atoms with Gasteiger partial charge in [0.25, 0.3) is 5.95 Å². The van der Waals surface area contributed by atoms with E-state index < -0.39 is 23.4 Å². The van der Waals surface area contributed by atoms with Gasteiger partial charge in [0.1, 0.15) is 5.56 Å². The van der Waals surface area contributed by atoms with Crippen molar-refractivity contribution < 1.29 is 23.1 Å². The van der Waals surface area contributed by atoms with Crippen molar-refractivity contribution in [3.05, 3.63) is 35.9 Å². The average Bonchev–Trinajstić information content (AvgIpc) is 2.74. The number of carboxylic acids is 1. The molecule has 2 aromatic rings. The summed E-state index contributed by atoms with van der Waals surface area (Å²) in [5.41, 5.74) is -2.36. The second-order valence-corrected chi connectivity index (χ2v) is 3.17. The molecule has 0 atom stereocenters. The Morgan fingerprint density at radius 1 is 1.28 bits per heavy atom. The zero-order valence-corrected chi connectivity index (χ0v) is 8.59. The summed E-state index contributed by atoms with van der Waals surface area (Å²) < 4.78 is 38.8. The van der Waals surface area contributed by atoms with Crippen molar-refractivity contribution in [3.8, 4) is 5.95 Å². The van der Waals surface area contributed by atoms with E-state index in [0.717, 1.165) is 0 Å². The largest absolute Gasteiger partial charge is 0.478 e. The topological polar surface area (TPSA) is 80.9 Å². The zero-order chi connectivity index (χ0) is 13.3. The van der Waals surface area contributed by atoms with Crippen LogP contribution in [0.2, 0.25) is 0 Å². The van der Waals surface area contributed by atoms with E-state index in [0.29, 0.717) is 10.9 Å². The molecule has 0 saturated carbocycles. The average molecular weight is 258 g/mol. The number of hydrogen-bond acceptors (Lipinski definition) is 4. The summed E-state index contributed by atoms with van der Waals surface area (Å²) >= 11 is 0. The van der Waals surface area contributed by atoms with E-state index in [1.165, 1.54) is 18.5 Å². The highest BCUT2D eigenvalue weighted by Gasteiger charge is 2.41. The molecule has 0 aromatic carbocycles. The van der Waals surface area contributed by atoms with Crippen molar-refractivity contribution in [2.24, 2.45) is 0 Å². The van der Waals surface area contributed by atoms with E-state index in [2.05, 4.69) is 15.1 Å². The van der Waals surface area contributed by atoms with Crippen LogP contribution in [-0.4, -0.2) is 30.8 Å². The summed E-state index contributed by atoms with van der Waals surface area (Å²) in [5.74, 6) is -2.07. The third-order valence-corrected chi connectivity index (χ3v) is 2.01. The quantitative estimate of drug-likeness (QED) is 0.880. The maximum atomic E-state index is 12.8. The number of rotatable bonds is 2. The summed E-state index contributed by atoms with van der Waals surface area (Å²) in [5, 5.41) is 12.1. The summed E-state index contributed by atoms with van der Waals surface area (Å²) in [6.07, 6.45) is -1.81. The van der Waals surface area contributed by atoms with Gasteiger partial charge in [-0.2, -0.15) is 23.0 Å². The molecule has 0 amide bonds. The first-order chi connectivity index (χ1) is 8.41. The standard InChI is InChI=1S/C9H5F3N4O2/c10-9(11,12)6-5(7(17)18)4-15-16(6)8-13-2-1-3-14-8/h1-4H,(H,17,18). The van der Waals surface area contributed by atoms with Crippen LogP contribution in [0.4, 0.5) is 13.2 Å². The monoisotopic (exact) mass is 258 g/mol. The van der Waals surface area contributed by atoms with Gasteiger partial charge in [-0.1, -0.05) is 0 Å². The molecule has 0 radical (unpaired) electrons. The third-order valence-electron chi connectivity index (χ3n) is 2.01. The van der Waals surface area contributed by atoms with Gasteiger partial charge >= 0.3 is 12.1 Å². The van der Waals surface area contributed by atoms with Crippen LogP contribution in [0.25, 0.3) is 5.95 Å². The lowest BCUT2D eigenvalue weighted by Gasteiger charge is -2.09. The number of carboxylic acid groups (broad SMARTS) is 1. The van der Waals surface area contributed by atoms with Crippen molar-refractivity contribution in [3.63, 3.8) is 0 Å². The van der Waals surface area contributed by atoms with Gasteiger partial charge in [0, 0.05) is 12.4 Å². The second-order valence-electron chi connectivity index (χ2n) is 3.17. The molecule has 1 N–H and O–H groups in total. The molecule has 2 heterocycles. The maximum absolute atomic E-state index is 12.8. The molecular formula is C9H5F3N4O2. The van der Waals surface area contributed by atoms with Gasteiger partial charge < -0.3 is 5.11 Å². The van der Waals surface area contributed by atoms with Gasteiger partial charge in [-0.3, -0.25) is 0 Å². The number of halogens is 3. The first-order valence-corrected chi connectivity index (χ1v) is 4.57. The molecule has 0 fully saturated rings. The first kappa shape index (κ1) is 12.0. The Morgan fingerprint density at radius 2 is 1.89 bits per heavy atom. The molecule has 94 valence electrons. The highest BCUT2D eigenvalue weighted by Crippen LogP contribution is 2.32. The molecule has 0 aliphatic heterocycles. The van der Waals surface area contributed by atoms with E-state index in [-0.39, 0.29) is 5.95 Å². The Morgan fingerprint density at radius 3 is 2.39 bits per heavy atom. The molecule has 6 nitrogen and oxygen atoms in total. The Kier molecular flexibility index (Phi) is 2.73. The predicted molar refractivity (Wildman–Crippen MR) is 51.1 cm³/mol. The van der Waals surface area contributed by atoms with Crippen molar-refractivity contribution in [1.29, 1.82) is 0 Å². The fraction of sp³-hybridized carbons (Fsp3) is 0.111. The Hall–Kier alpha value is -2.45. The number of hydrogen-bond donors (Lipinski definition) is 1. The number of aromatic nitrogens is 4. The molecule has 0 spiro atoms. The van der Waals surface area contributed by atoms with Gasteiger partial charge in [0.15, 0.2) is 5.69 Å². The lowest BCUT2D eigenvalue weighted by Crippen LogP contribution is -2.18. The molecule has 9 heteroatoms. The van der Waals surface area contributed by atoms with Crippen molar-refractivity contribution in [1.82, 2.24) is 19.7 Å². The molecule has 2 aromatic heterocycles. The number of carbonyl (C=O) groups is 1. The van der Waals surface area contributed by atoms with Gasteiger partial charge in [0.05, 0.1) is 6.20 Å². The molecule has 0 saturated heterocycles. The maximum Gasteiger partial charge on any atom is 0.434 e. The van der Waals surface area contributed by atoms with Crippen LogP contribution in [0.5, 0.6) is 0 Å². The first-order valence-electron chi connectivity index (χ1n) is 4.57. The number of nitrogens with zero attached hydrogens (tertiary/aromatic N) is 4. The molecule has 18 heavy (non-hydrogen) atoms. The van der Waals surface area contributed by atoms with E-state index in [9.17, 15) is 18.0 Å². The van der Waals surface area contributed by atoms with E-state index in [1.54, 1.807) is 0 Å². The van der Waals surface area contributed by atoms with Crippen LogP contribution in [0.3, 0.4) is 0 Å². The van der Waals surface area contributed by atoms with Crippen molar-refractivity contribution in [2.45, 2.75) is 6.18 Å². The third kappa shape index (κ3) is 2.01. The van der Waals surface area contributed by atoms with Crippen LogP contribution >= 0.6 is 0 Å². The summed E-state index contributed by atoms with van der Waals surface area (Å²) in [7, 11) is 0. The van der Waals surface area contributed by atoms with Crippen LogP contribution in [0.15, 0.2) is 24.7 Å². The minimum absolute atomic E-state index is 0.350. The lowest BCUT2D eigenvalue weighted by molar-refractivity contribution is -0.143. The molecule has 0 aliphatic rings. The number of aromatic carboxylic acids is 1. The van der Waals surface area contributed by atoms with Gasteiger partial charge in [-0.15, -0.1) is 0 Å². The molecular weight excluding hydrogens is 253 g/mol. The highest BCUT2D eigenvalue weighted by molar-refractivity contribution is 5.89. The second kappa shape index (κ2) is 4.09. The van der Waals surface area contributed by atoms with E-state index in [4.69, 9.17) is 5.11 Å². The molecule has 0 unspecified atom stereocenters. The fourth-order valence-corrected chi connectivity index (χ4v) is 1.33. The Labute approximate surface area is 97.7 Å². The van der Waals surface area contributed by atoms with Crippen molar-refractivity contribution in [2.75, 3.05) is 0 Å². The van der Waals surface area contributed by atoms with Gasteiger partial charge in [0.2, 0.25) is 0 Å². The van der Waals surface area contributed by atoms with Gasteiger partial charge in [-0.05, 0) is 6.07 Å². The summed E-state index contributed by atoms with van der Waals surface area (Å²) in [4.78, 5) is 17.9. The normalized spacial score (nSPS) is 11.5. The molecule has 2 rings (SSSR count). The minimum Gasteiger partial charge on any atom is -0.478 e. The lowest BCUT2D eigenvalue weighted by atomic mass is 10.2. The molecule has 0 aliphatic carbocycles. The van der Waals surface area contributed by atoms with E-state index >= 15 is 0 Å². The summed E-state index contributed by atoms with van der Waals surface area (Å²) in [6.45, 7) is 0. The smallest absolute Gasteiger partial charge is 0.434 e. The van der Waals surface area contributed by atoms with E-state index in [1.807, 2.05) is 0 Å². The summed E-state index contributed by atoms with van der Waals surface area (Å²) in [6, 6.07) is 1.42.